The number of hydrogen-bond donors (Lipinski definition) is 9. The Kier molecular flexibility index (Phi) is 13.4. The molecule has 2 fully saturated rings. The van der Waals surface area contributed by atoms with Gasteiger partial charge in [-0.1, -0.05) is 5.16 Å². The number of nitrogen functional groups attached to an aromatic ring is 1. The molecule has 1 aromatic heterocycles. The van der Waals surface area contributed by atoms with Crippen molar-refractivity contribution in [2.45, 2.75) is 30.9 Å². The Labute approximate surface area is 357 Å². The quantitative estimate of drug-likeness (QED) is 0.0298. The van der Waals surface area contributed by atoms with Crippen molar-refractivity contribution in [1.29, 1.82) is 0 Å². The summed E-state index contributed by atoms with van der Waals surface area (Å²) in [5.74, 6) is -5.28. The number of oxime groups is 1. The van der Waals surface area contributed by atoms with Gasteiger partial charge in [0.15, 0.2) is 28.2 Å². The number of β-lactam (4-membered cyclic amide) rings is 1. The van der Waals surface area contributed by atoms with Crippen LogP contribution in [0, 0.1) is 5.41 Å². The van der Waals surface area contributed by atoms with Gasteiger partial charge in [-0.2, -0.15) is 0 Å². The number of hydrazine groups is 3. The van der Waals surface area contributed by atoms with Crippen LogP contribution in [0.25, 0.3) is 0 Å². The minimum Gasteiger partial charge on any atom is -0.549 e. The molecule has 5 heterocycles. The van der Waals surface area contributed by atoms with Gasteiger partial charge in [0.25, 0.3) is 17.7 Å². The molecule has 10 N–H and O–H groups in total. The van der Waals surface area contributed by atoms with Gasteiger partial charge in [0.05, 0.1) is 29.5 Å². The second-order valence-corrected chi connectivity index (χ2v) is 16.0. The minimum absolute atomic E-state index is 0. The minimum atomic E-state index is -1.81. The van der Waals surface area contributed by atoms with E-state index in [2.05, 4.69) is 36.8 Å². The van der Waals surface area contributed by atoms with Crippen LogP contribution in [0.2, 0.25) is 0 Å². The summed E-state index contributed by atoms with van der Waals surface area (Å²) < 4.78 is 0. The number of anilines is 1. The number of aromatic nitrogens is 1. The summed E-state index contributed by atoms with van der Waals surface area (Å²) in [5, 5.41) is 61.6. The maximum atomic E-state index is 13.6. The average Bonchev–Trinajstić information content (AvgIpc) is 3.81. The van der Waals surface area contributed by atoms with E-state index in [1.807, 2.05) is 0 Å². The number of carbonyl (C=O) groups excluding carboxylic acids is 5. The monoisotopic (exact) mass is 855 g/mol. The molecule has 2 aromatic rings. The molecule has 4 aliphatic rings. The number of rotatable bonds is 13. The summed E-state index contributed by atoms with van der Waals surface area (Å²) in [6.07, 6.45) is 3.07. The number of nitrogens with two attached hydrogens (primary N) is 1. The number of fused-ring (bicyclic) bond motifs is 2. The van der Waals surface area contributed by atoms with Crippen LogP contribution in [0.4, 0.5) is 5.13 Å². The Bertz CT molecular complexity index is 2100. The molecule has 6 rings (SSSR count). The normalized spacial score (nSPS) is 21.5. The van der Waals surface area contributed by atoms with Crippen LogP contribution >= 0.6 is 34.9 Å². The largest absolute Gasteiger partial charge is 1.00 e. The predicted molar refractivity (Wildman–Crippen MR) is 198 cm³/mol. The Hall–Kier alpha value is -4.60. The van der Waals surface area contributed by atoms with Crippen molar-refractivity contribution >= 4 is 81.0 Å². The van der Waals surface area contributed by atoms with E-state index in [1.165, 1.54) is 46.4 Å². The van der Waals surface area contributed by atoms with Crippen molar-refractivity contribution in [3.8, 4) is 11.5 Å². The fourth-order valence-corrected chi connectivity index (χ4v) is 8.85. The van der Waals surface area contributed by atoms with E-state index < -0.39 is 69.2 Å². The number of carboxylic acids is 1. The molecule has 0 saturated carbocycles. The van der Waals surface area contributed by atoms with Gasteiger partial charge in [-0.3, -0.25) is 35.0 Å². The first-order valence-corrected chi connectivity index (χ1v) is 19.2. The standard InChI is InChI=1S/C31H35N11O11S3.Na/c1-30(2,27(50)37-36-23(47)14-3-4-17(45)18(46)5-14)53-38-21(16-9-54-29(32)34-16)24(48)35-22-25(49)41-10-31(28(51)52,12-56-26(22)41)11-55-20-6-15(8-43)33-19-7-40(13-44)39-42(19)20;/h3-7,9,22,26,39,43-46H,8,10-13H2,1-2H3,(H2,32,34)(H,35,48)(H,36,47)(H,37,50)(H,51,52);/q;+1/p-1/t22?,26-,31?;/m1./s1. The smallest absolute Gasteiger partial charge is 0.549 e. The van der Waals surface area contributed by atoms with Crippen molar-refractivity contribution in [3.63, 3.8) is 0 Å². The molecule has 1 aromatic carbocycles. The second kappa shape index (κ2) is 17.5. The van der Waals surface area contributed by atoms with Crippen LogP contribution in [0.15, 0.2) is 56.9 Å². The Balaban J connectivity index is 0.00000620. The summed E-state index contributed by atoms with van der Waals surface area (Å²) in [7, 11) is 0. The third-order valence-corrected chi connectivity index (χ3v) is 12.1. The average molecular weight is 856 g/mol. The molecule has 57 heavy (non-hydrogen) atoms. The number of nitrogens with zero attached hydrogens (tertiary/aromatic N) is 6. The number of thioether (sulfide) groups is 2. The van der Waals surface area contributed by atoms with Crippen LogP contribution < -0.4 is 62.1 Å². The summed E-state index contributed by atoms with van der Waals surface area (Å²) >= 11 is 3.24. The SMILES string of the molecule is CC(C)(ON=C(C(=O)NC1C(=O)N2CC(CSC3=CC(CO)=NC4=CN(CO)NN43)(C(=O)[O-])CS[C@H]12)c1csc(N)n1)C(=O)NNC(=O)c1ccc(O)c(O)c1.[Na+]. The van der Waals surface area contributed by atoms with Crippen LogP contribution in [-0.2, 0) is 24.0 Å². The predicted octanol–water partition coefficient (Wildman–Crippen LogP) is -5.96. The third-order valence-electron chi connectivity index (χ3n) is 8.59. The van der Waals surface area contributed by atoms with E-state index >= 15 is 0 Å². The second-order valence-electron chi connectivity index (χ2n) is 13.0. The van der Waals surface area contributed by atoms with Crippen molar-refractivity contribution in [2.24, 2.45) is 15.6 Å². The van der Waals surface area contributed by atoms with Crippen LogP contribution in [0.3, 0.4) is 0 Å². The van der Waals surface area contributed by atoms with Gasteiger partial charge >= 0.3 is 29.6 Å². The molecule has 0 spiro atoms. The zero-order valence-corrected chi connectivity index (χ0v) is 34.7. The topological polar surface area (TPSA) is 320 Å². The Morgan fingerprint density at radius 3 is 2.61 bits per heavy atom. The van der Waals surface area contributed by atoms with Crippen LogP contribution in [0.1, 0.15) is 29.9 Å². The maximum absolute atomic E-state index is 13.6. The zero-order valence-electron chi connectivity index (χ0n) is 30.3. The number of carbonyl (C=O) groups is 5. The number of benzene rings is 1. The molecule has 0 radical (unpaired) electrons. The number of carboxylic acid groups (broad SMARTS) is 1. The molecule has 3 atom stereocenters. The number of phenolic OH excluding ortho intramolecular Hbond substituents is 2. The number of amides is 4. The number of hydrogen-bond acceptors (Lipinski definition) is 21. The van der Waals surface area contributed by atoms with Gasteiger partial charge < -0.3 is 51.1 Å². The van der Waals surface area contributed by atoms with Crippen molar-refractivity contribution in [1.82, 2.24) is 41.6 Å². The Morgan fingerprint density at radius 1 is 1.21 bits per heavy atom. The molecule has 22 nitrogen and oxygen atoms in total. The van der Waals surface area contributed by atoms with Crippen molar-refractivity contribution < 1.29 is 83.9 Å². The summed E-state index contributed by atoms with van der Waals surface area (Å²) in [6, 6.07) is 2.18. The van der Waals surface area contributed by atoms with E-state index in [1.54, 1.807) is 6.08 Å². The summed E-state index contributed by atoms with van der Waals surface area (Å²) in [4.78, 5) is 80.2. The fraction of sp³-hybridized carbons (Fsp3) is 0.355. The molecule has 4 amide bonds. The number of aliphatic carboxylic acids is 1. The van der Waals surface area contributed by atoms with Gasteiger partial charge in [0.2, 0.25) is 11.5 Å². The van der Waals surface area contributed by atoms with E-state index in [9.17, 15) is 49.5 Å². The molecule has 0 aliphatic carbocycles. The maximum Gasteiger partial charge on any atom is 1.00 e. The van der Waals surface area contributed by atoms with Gasteiger partial charge in [0, 0.05) is 34.4 Å². The number of aliphatic imine (C=N–C) groups is 1. The van der Waals surface area contributed by atoms with Gasteiger partial charge in [-0.05, 0) is 38.1 Å². The molecule has 26 heteroatoms. The first-order chi connectivity index (χ1) is 26.5. The van der Waals surface area contributed by atoms with Crippen LogP contribution in [0.5, 0.6) is 11.5 Å². The number of aliphatic hydroxyl groups is 2. The van der Waals surface area contributed by atoms with E-state index in [-0.39, 0.29) is 77.3 Å². The number of phenols is 2. The van der Waals surface area contributed by atoms with Gasteiger partial charge in [-0.25, -0.2) is 15.0 Å². The number of thiazole rings is 1. The van der Waals surface area contributed by atoms with E-state index in [4.69, 9.17) is 10.6 Å². The molecule has 298 valence electrons. The first-order valence-electron chi connectivity index (χ1n) is 16.3. The summed E-state index contributed by atoms with van der Waals surface area (Å²) in [6.45, 7) is 1.58. The van der Waals surface area contributed by atoms with E-state index in [0.717, 1.165) is 47.0 Å². The third kappa shape index (κ3) is 9.10. The number of aromatic hydroxyl groups is 2. The zero-order chi connectivity index (χ0) is 40.5. The van der Waals surface area contributed by atoms with Crippen molar-refractivity contribution in [3.05, 3.63) is 58.0 Å². The molecule has 0 bridgehead atoms. The van der Waals surface area contributed by atoms with E-state index in [0.29, 0.717) is 16.6 Å². The molecular weight excluding hydrogens is 822 g/mol. The summed E-state index contributed by atoms with van der Waals surface area (Å²) in [5.41, 5.74) is 9.39. The number of nitrogens with one attached hydrogen (secondary N) is 4. The van der Waals surface area contributed by atoms with Gasteiger partial charge in [0.1, 0.15) is 23.8 Å². The molecule has 2 unspecified atom stereocenters. The Morgan fingerprint density at radius 2 is 1.96 bits per heavy atom. The molecule has 4 aliphatic heterocycles. The van der Waals surface area contributed by atoms with Gasteiger partial charge in [-0.15, -0.1) is 40.4 Å². The molecular formula is C31H34N11NaO11S3. The van der Waals surface area contributed by atoms with Crippen molar-refractivity contribution in [2.75, 3.05) is 37.1 Å². The van der Waals surface area contributed by atoms with Crippen LogP contribution in [-0.4, -0.2) is 130 Å². The fourth-order valence-electron chi connectivity index (χ4n) is 5.41. The molecule has 2 saturated heterocycles. The number of aliphatic hydroxyl groups excluding tert-OH is 2. The first kappa shape index (κ1) is 43.5.